The molecule has 2 amide bonds. The summed E-state index contributed by atoms with van der Waals surface area (Å²) in [5.74, 6) is -0.205. The molecule has 0 saturated heterocycles. The lowest BCUT2D eigenvalue weighted by molar-refractivity contribution is 0.101. The summed E-state index contributed by atoms with van der Waals surface area (Å²) in [5.41, 5.74) is 0.898. The number of halogens is 2. The lowest BCUT2D eigenvalue weighted by Gasteiger charge is -2.08. The van der Waals surface area contributed by atoms with Crippen LogP contribution in [-0.2, 0) is 0 Å². The van der Waals surface area contributed by atoms with Gasteiger partial charge in [0.1, 0.15) is 10.7 Å². The van der Waals surface area contributed by atoms with Crippen molar-refractivity contribution in [2.75, 3.05) is 10.6 Å². The highest BCUT2D eigenvalue weighted by atomic mass is 79.9. The molecule has 4 rings (SSSR count). The number of nitrogens with zero attached hydrogens (tertiary/aromatic N) is 1. The van der Waals surface area contributed by atoms with Gasteiger partial charge >= 0.3 is 0 Å². The Bertz CT molecular complexity index is 1220. The number of nitrogens with one attached hydrogen (secondary N) is 2. The van der Waals surface area contributed by atoms with Gasteiger partial charge in [-0.05, 0) is 52.3 Å². The van der Waals surface area contributed by atoms with Gasteiger partial charge in [-0.1, -0.05) is 35.9 Å². The molecule has 0 saturated carbocycles. The minimum absolute atomic E-state index is 0.316. The zero-order valence-electron chi connectivity index (χ0n) is 14.8. The number of aromatic nitrogens is 1. The van der Waals surface area contributed by atoms with Gasteiger partial charge in [0.05, 0.1) is 5.02 Å². The van der Waals surface area contributed by atoms with Crippen molar-refractivity contribution in [1.82, 2.24) is 4.98 Å². The van der Waals surface area contributed by atoms with Gasteiger partial charge in [-0.15, -0.1) is 11.3 Å². The summed E-state index contributed by atoms with van der Waals surface area (Å²) < 4.78 is 1.76. The number of anilines is 2. The molecule has 0 aliphatic rings. The van der Waals surface area contributed by atoms with Crippen LogP contribution in [0, 0.1) is 0 Å². The Labute approximate surface area is 183 Å². The van der Waals surface area contributed by atoms with Gasteiger partial charge in [0, 0.05) is 32.0 Å². The maximum absolute atomic E-state index is 12.7. The van der Waals surface area contributed by atoms with Crippen molar-refractivity contribution < 1.29 is 9.59 Å². The van der Waals surface area contributed by atoms with Crippen molar-refractivity contribution in [3.63, 3.8) is 0 Å². The lowest BCUT2D eigenvalue weighted by atomic mass is 10.2. The quantitative estimate of drug-likeness (QED) is 0.360. The summed E-state index contributed by atoms with van der Waals surface area (Å²) in [6, 6.07) is 17.7. The summed E-state index contributed by atoms with van der Waals surface area (Å²) in [5, 5.41) is 6.81. The van der Waals surface area contributed by atoms with Crippen LogP contribution in [0.3, 0.4) is 0 Å². The van der Waals surface area contributed by atoms with Crippen LogP contribution in [0.15, 0.2) is 71.3 Å². The first kappa shape index (κ1) is 19.6. The topological polar surface area (TPSA) is 71.1 Å². The summed E-state index contributed by atoms with van der Waals surface area (Å²) >= 11 is 11.0. The largest absolute Gasteiger partial charge is 0.321 e. The molecule has 5 nitrogen and oxygen atoms in total. The Kier molecular flexibility index (Phi) is 5.62. The number of hydrogen-bond acceptors (Lipinski definition) is 4. The van der Waals surface area contributed by atoms with Gasteiger partial charge in [-0.3, -0.25) is 9.59 Å². The van der Waals surface area contributed by atoms with Gasteiger partial charge in [0.2, 0.25) is 0 Å². The van der Waals surface area contributed by atoms with E-state index < -0.39 is 0 Å². The Morgan fingerprint density at radius 2 is 1.79 bits per heavy atom. The van der Waals surface area contributed by atoms with E-state index >= 15 is 0 Å². The molecule has 0 unspecified atom stereocenters. The highest BCUT2D eigenvalue weighted by molar-refractivity contribution is 9.10. The predicted molar refractivity (Wildman–Crippen MR) is 121 cm³/mol. The molecule has 2 aromatic heterocycles. The molecule has 0 aliphatic heterocycles. The molecule has 29 heavy (non-hydrogen) atoms. The van der Waals surface area contributed by atoms with E-state index in [1.54, 1.807) is 42.6 Å². The monoisotopic (exact) mass is 485 g/mol. The second kappa shape index (κ2) is 8.32. The molecule has 4 aromatic rings. The lowest BCUT2D eigenvalue weighted by Crippen LogP contribution is -2.14. The standard InChI is InChI=1S/C21H13BrClN3O2S/c22-13-8-9-17(24-11-13)26-20(27)12-4-3-5-14(10-12)25-21(28)19-18(23)15-6-1-2-7-16(15)29-19/h1-11H,(H,25,28)(H,24,26,27). The average molecular weight is 487 g/mol. The van der Waals surface area contributed by atoms with E-state index in [0.29, 0.717) is 27.0 Å². The Morgan fingerprint density at radius 1 is 0.966 bits per heavy atom. The van der Waals surface area contributed by atoms with Crippen LogP contribution in [0.4, 0.5) is 11.5 Å². The minimum Gasteiger partial charge on any atom is -0.321 e. The highest BCUT2D eigenvalue weighted by Crippen LogP contribution is 2.35. The number of fused-ring (bicyclic) bond motifs is 1. The summed E-state index contributed by atoms with van der Waals surface area (Å²) in [6.45, 7) is 0. The summed E-state index contributed by atoms with van der Waals surface area (Å²) in [6.07, 6.45) is 1.60. The number of hydrogen-bond donors (Lipinski definition) is 2. The van der Waals surface area contributed by atoms with Gasteiger partial charge in [0.25, 0.3) is 11.8 Å². The number of thiophene rings is 1. The molecule has 0 bridgehead atoms. The fourth-order valence-corrected chi connectivity index (χ4v) is 4.37. The van der Waals surface area contributed by atoms with Gasteiger partial charge < -0.3 is 10.6 Å². The van der Waals surface area contributed by atoms with Gasteiger partial charge in [-0.2, -0.15) is 0 Å². The normalized spacial score (nSPS) is 10.7. The number of rotatable bonds is 4. The van der Waals surface area contributed by atoms with E-state index in [1.807, 2.05) is 24.3 Å². The molecule has 0 spiro atoms. The molecule has 8 heteroatoms. The van der Waals surface area contributed by atoms with Crippen LogP contribution in [-0.4, -0.2) is 16.8 Å². The van der Waals surface area contributed by atoms with Gasteiger partial charge in [0.15, 0.2) is 0 Å². The van der Waals surface area contributed by atoms with Crippen LogP contribution >= 0.6 is 38.9 Å². The Hall–Kier alpha value is -2.74. The van der Waals surface area contributed by atoms with E-state index in [0.717, 1.165) is 14.6 Å². The van der Waals surface area contributed by atoms with Crippen LogP contribution < -0.4 is 10.6 Å². The fraction of sp³-hybridized carbons (Fsp3) is 0. The SMILES string of the molecule is O=C(Nc1ccc(Br)cn1)c1cccc(NC(=O)c2sc3ccccc3c2Cl)c1. The van der Waals surface area contributed by atoms with E-state index in [9.17, 15) is 9.59 Å². The Balaban J connectivity index is 1.52. The van der Waals surface area contributed by atoms with E-state index in [2.05, 4.69) is 31.5 Å². The van der Waals surface area contributed by atoms with Crippen molar-refractivity contribution in [2.24, 2.45) is 0 Å². The maximum Gasteiger partial charge on any atom is 0.267 e. The third-order valence-corrected chi connectivity index (χ3v) is 6.24. The third-order valence-electron chi connectivity index (χ3n) is 4.09. The summed E-state index contributed by atoms with van der Waals surface area (Å²) in [4.78, 5) is 29.7. The molecule has 0 atom stereocenters. The number of carbonyl (C=O) groups is 2. The predicted octanol–water partition coefficient (Wildman–Crippen LogP) is 6.22. The first-order valence-electron chi connectivity index (χ1n) is 8.52. The zero-order chi connectivity index (χ0) is 20.4. The molecule has 0 fully saturated rings. The van der Waals surface area contributed by atoms with E-state index in [4.69, 9.17) is 11.6 Å². The Morgan fingerprint density at radius 3 is 2.55 bits per heavy atom. The molecule has 0 radical (unpaired) electrons. The second-order valence-electron chi connectivity index (χ2n) is 6.09. The fourth-order valence-electron chi connectivity index (χ4n) is 2.72. The molecule has 2 N–H and O–H groups in total. The van der Waals surface area contributed by atoms with Crippen molar-refractivity contribution in [2.45, 2.75) is 0 Å². The van der Waals surface area contributed by atoms with Crippen molar-refractivity contribution in [1.29, 1.82) is 0 Å². The van der Waals surface area contributed by atoms with Crippen molar-refractivity contribution in [3.8, 4) is 0 Å². The number of carbonyl (C=O) groups excluding carboxylic acids is 2. The van der Waals surface area contributed by atoms with Crippen LogP contribution in [0.25, 0.3) is 10.1 Å². The molecule has 144 valence electrons. The zero-order valence-corrected chi connectivity index (χ0v) is 17.9. The average Bonchev–Trinajstić information content (AvgIpc) is 3.07. The first-order valence-corrected chi connectivity index (χ1v) is 10.5. The molecular weight excluding hydrogens is 474 g/mol. The smallest absolute Gasteiger partial charge is 0.267 e. The van der Waals surface area contributed by atoms with Crippen LogP contribution in [0.5, 0.6) is 0 Å². The van der Waals surface area contributed by atoms with E-state index in [-0.39, 0.29) is 11.8 Å². The molecule has 2 heterocycles. The molecule has 0 aliphatic carbocycles. The first-order chi connectivity index (χ1) is 14.0. The van der Waals surface area contributed by atoms with E-state index in [1.165, 1.54) is 11.3 Å². The summed E-state index contributed by atoms with van der Waals surface area (Å²) in [7, 11) is 0. The molecular formula is C21H13BrClN3O2S. The highest BCUT2D eigenvalue weighted by Gasteiger charge is 2.17. The van der Waals surface area contributed by atoms with Gasteiger partial charge in [-0.25, -0.2) is 4.98 Å². The number of pyridine rings is 1. The third kappa shape index (κ3) is 4.32. The van der Waals surface area contributed by atoms with Crippen LogP contribution in [0.1, 0.15) is 20.0 Å². The number of benzene rings is 2. The van der Waals surface area contributed by atoms with Crippen LogP contribution in [0.2, 0.25) is 5.02 Å². The second-order valence-corrected chi connectivity index (χ2v) is 8.44. The van der Waals surface area contributed by atoms with Crippen molar-refractivity contribution >= 4 is 72.3 Å². The minimum atomic E-state index is -0.323. The maximum atomic E-state index is 12.7. The number of amides is 2. The van der Waals surface area contributed by atoms with Crippen molar-refractivity contribution in [3.05, 3.63) is 86.8 Å². The molecule has 2 aromatic carbocycles.